The molecule has 2 saturated heterocycles. The van der Waals surface area contributed by atoms with Gasteiger partial charge in [0.25, 0.3) is 5.91 Å². The van der Waals surface area contributed by atoms with Crippen LogP contribution in [0.15, 0.2) is 73.3 Å². The fourth-order valence-corrected chi connectivity index (χ4v) is 5.70. The van der Waals surface area contributed by atoms with E-state index >= 15 is 0 Å². The Kier molecular flexibility index (Phi) is 7.30. The molecule has 1 aromatic heterocycles. The van der Waals surface area contributed by atoms with E-state index in [1.807, 2.05) is 29.0 Å². The second-order valence-corrected chi connectivity index (χ2v) is 9.97. The average Bonchev–Trinajstić information content (AvgIpc) is 3.40. The molecule has 2 aliphatic heterocycles. The van der Waals surface area contributed by atoms with Gasteiger partial charge in [-0.1, -0.05) is 42.5 Å². The number of piperidine rings is 1. The topological polar surface area (TPSA) is 50.6 Å². The predicted octanol–water partition coefficient (Wildman–Crippen LogP) is 4.61. The zero-order valence-electron chi connectivity index (χ0n) is 20.7. The standard InChI is InChI=1S/C29H36N4O2/c1-2-33(28(34)26-10-6-9-25(19-26)22-32-17-14-30-23-32)27-11-18-35-29(20-27)12-15-31(16-13-29)21-24-7-4-3-5-8-24/h3-10,14,17,19,23,27H,2,11-13,15-16,18,20-22H2,1H3. The number of likely N-dealkylation sites (tertiary alicyclic amines) is 1. The summed E-state index contributed by atoms with van der Waals surface area (Å²) in [6.07, 6.45) is 9.43. The van der Waals surface area contributed by atoms with E-state index < -0.39 is 0 Å². The summed E-state index contributed by atoms with van der Waals surface area (Å²) < 4.78 is 8.44. The highest BCUT2D eigenvalue weighted by atomic mass is 16.5. The molecule has 1 unspecified atom stereocenters. The zero-order valence-corrected chi connectivity index (χ0v) is 20.7. The van der Waals surface area contributed by atoms with E-state index in [2.05, 4.69) is 58.1 Å². The summed E-state index contributed by atoms with van der Waals surface area (Å²) in [5, 5.41) is 0. The Hall–Kier alpha value is -2.96. The molecule has 0 N–H and O–H groups in total. The van der Waals surface area contributed by atoms with Crippen molar-refractivity contribution in [1.29, 1.82) is 0 Å². The number of rotatable bonds is 7. The smallest absolute Gasteiger partial charge is 0.254 e. The largest absolute Gasteiger partial charge is 0.375 e. The van der Waals surface area contributed by atoms with Gasteiger partial charge >= 0.3 is 0 Å². The molecule has 6 nitrogen and oxygen atoms in total. The molecule has 0 bridgehead atoms. The highest BCUT2D eigenvalue weighted by Gasteiger charge is 2.42. The number of hydrogen-bond acceptors (Lipinski definition) is 4. The molecule has 0 aliphatic carbocycles. The molecule has 0 saturated carbocycles. The highest BCUT2D eigenvalue weighted by Crippen LogP contribution is 2.37. The number of imidazole rings is 1. The van der Waals surface area contributed by atoms with Crippen LogP contribution in [0, 0.1) is 0 Å². The van der Waals surface area contributed by atoms with Gasteiger partial charge in [-0.2, -0.15) is 0 Å². The Balaban J connectivity index is 1.22. The van der Waals surface area contributed by atoms with Crippen molar-refractivity contribution in [3.05, 3.63) is 90.0 Å². The van der Waals surface area contributed by atoms with Crippen molar-refractivity contribution in [3.63, 3.8) is 0 Å². The molecule has 3 heterocycles. The van der Waals surface area contributed by atoms with Crippen molar-refractivity contribution in [2.24, 2.45) is 0 Å². The van der Waals surface area contributed by atoms with Crippen LogP contribution < -0.4 is 0 Å². The predicted molar refractivity (Wildman–Crippen MR) is 137 cm³/mol. The summed E-state index contributed by atoms with van der Waals surface area (Å²) in [6, 6.07) is 18.9. The Morgan fingerprint density at radius 3 is 2.63 bits per heavy atom. The van der Waals surface area contributed by atoms with Crippen molar-refractivity contribution in [1.82, 2.24) is 19.4 Å². The Morgan fingerprint density at radius 1 is 1.09 bits per heavy atom. The van der Waals surface area contributed by atoms with Crippen LogP contribution in [0.2, 0.25) is 0 Å². The van der Waals surface area contributed by atoms with E-state index in [1.54, 1.807) is 12.5 Å². The lowest BCUT2D eigenvalue weighted by atomic mass is 9.81. The van der Waals surface area contributed by atoms with Gasteiger partial charge in [-0.25, -0.2) is 4.98 Å². The summed E-state index contributed by atoms with van der Waals surface area (Å²) in [5.41, 5.74) is 3.14. The summed E-state index contributed by atoms with van der Waals surface area (Å²) in [5.74, 6) is 0.128. The molecule has 1 spiro atoms. The van der Waals surface area contributed by atoms with Crippen LogP contribution in [-0.4, -0.2) is 63.1 Å². The first-order chi connectivity index (χ1) is 17.1. The molecule has 5 rings (SSSR count). The van der Waals surface area contributed by atoms with Crippen molar-refractivity contribution in [3.8, 4) is 0 Å². The maximum absolute atomic E-state index is 13.6. The molecule has 1 atom stereocenters. The van der Waals surface area contributed by atoms with Crippen LogP contribution in [0.1, 0.15) is 54.1 Å². The Morgan fingerprint density at radius 2 is 1.89 bits per heavy atom. The first-order valence-electron chi connectivity index (χ1n) is 12.9. The van der Waals surface area contributed by atoms with Crippen LogP contribution in [0.5, 0.6) is 0 Å². The number of ether oxygens (including phenoxy) is 1. The quantitative estimate of drug-likeness (QED) is 0.504. The molecule has 2 fully saturated rings. The highest BCUT2D eigenvalue weighted by molar-refractivity contribution is 5.94. The number of hydrogen-bond donors (Lipinski definition) is 0. The maximum atomic E-state index is 13.6. The summed E-state index contributed by atoms with van der Waals surface area (Å²) >= 11 is 0. The van der Waals surface area contributed by atoms with Gasteiger partial charge in [0.05, 0.1) is 11.9 Å². The minimum Gasteiger partial charge on any atom is -0.375 e. The molecule has 1 amide bonds. The molecular formula is C29H36N4O2. The van der Waals surface area contributed by atoms with Gasteiger partial charge in [0.15, 0.2) is 0 Å². The zero-order chi connectivity index (χ0) is 24.1. The minimum atomic E-state index is -0.104. The summed E-state index contributed by atoms with van der Waals surface area (Å²) in [7, 11) is 0. The lowest BCUT2D eigenvalue weighted by molar-refractivity contribution is -0.129. The first kappa shape index (κ1) is 23.8. The van der Waals surface area contributed by atoms with Crippen LogP contribution in [0.4, 0.5) is 0 Å². The van der Waals surface area contributed by atoms with Crippen molar-refractivity contribution in [2.45, 2.75) is 57.3 Å². The number of amides is 1. The van der Waals surface area contributed by atoms with E-state index in [-0.39, 0.29) is 17.6 Å². The van der Waals surface area contributed by atoms with Crippen molar-refractivity contribution < 1.29 is 9.53 Å². The van der Waals surface area contributed by atoms with E-state index in [4.69, 9.17) is 4.74 Å². The van der Waals surface area contributed by atoms with Gasteiger partial charge in [-0.05, 0) is 55.9 Å². The van der Waals surface area contributed by atoms with Gasteiger partial charge in [-0.3, -0.25) is 9.69 Å². The minimum absolute atomic E-state index is 0.104. The SMILES string of the molecule is CCN(C(=O)c1cccc(Cn2ccnc2)c1)C1CCOC2(CCN(Cc3ccccc3)CC2)C1. The van der Waals surface area contributed by atoms with Crippen LogP contribution in [0.25, 0.3) is 0 Å². The average molecular weight is 473 g/mol. The molecule has 6 heteroatoms. The van der Waals surface area contributed by atoms with E-state index in [0.717, 1.165) is 63.1 Å². The normalized spacial score (nSPS) is 20.1. The van der Waals surface area contributed by atoms with Gasteiger partial charge in [0.2, 0.25) is 0 Å². The molecule has 184 valence electrons. The van der Waals surface area contributed by atoms with Gasteiger partial charge in [-0.15, -0.1) is 0 Å². The van der Waals surface area contributed by atoms with E-state index in [9.17, 15) is 4.79 Å². The number of carbonyl (C=O) groups is 1. The van der Waals surface area contributed by atoms with E-state index in [1.165, 1.54) is 5.56 Å². The van der Waals surface area contributed by atoms with Crippen LogP contribution >= 0.6 is 0 Å². The second kappa shape index (κ2) is 10.8. The third kappa shape index (κ3) is 5.65. The number of benzene rings is 2. The fourth-order valence-electron chi connectivity index (χ4n) is 5.70. The lowest BCUT2D eigenvalue weighted by Gasteiger charge is -2.48. The summed E-state index contributed by atoms with van der Waals surface area (Å²) in [6.45, 7) is 7.33. The maximum Gasteiger partial charge on any atom is 0.254 e. The second-order valence-electron chi connectivity index (χ2n) is 9.97. The third-order valence-corrected chi connectivity index (χ3v) is 7.62. The van der Waals surface area contributed by atoms with Gasteiger partial charge < -0.3 is 14.2 Å². The van der Waals surface area contributed by atoms with E-state index in [0.29, 0.717) is 13.1 Å². The van der Waals surface area contributed by atoms with Gasteiger partial charge in [0, 0.05) is 63.3 Å². The third-order valence-electron chi connectivity index (χ3n) is 7.62. The number of nitrogens with zero attached hydrogens (tertiary/aromatic N) is 4. The van der Waals surface area contributed by atoms with Crippen molar-refractivity contribution in [2.75, 3.05) is 26.2 Å². The molecule has 2 aromatic carbocycles. The molecule has 2 aliphatic rings. The number of carbonyl (C=O) groups excluding carboxylic acids is 1. The monoisotopic (exact) mass is 472 g/mol. The van der Waals surface area contributed by atoms with Crippen LogP contribution in [-0.2, 0) is 17.8 Å². The van der Waals surface area contributed by atoms with Crippen molar-refractivity contribution >= 4 is 5.91 Å². The Bertz CT molecular complexity index is 1090. The Labute approximate surface area is 208 Å². The lowest BCUT2D eigenvalue weighted by Crippen LogP contribution is -2.54. The summed E-state index contributed by atoms with van der Waals surface area (Å²) in [4.78, 5) is 22.3. The first-order valence-corrected chi connectivity index (χ1v) is 12.9. The molecule has 0 radical (unpaired) electrons. The molecule has 3 aromatic rings. The molecular weight excluding hydrogens is 436 g/mol. The number of aromatic nitrogens is 2. The molecule has 35 heavy (non-hydrogen) atoms. The fraction of sp³-hybridized carbons (Fsp3) is 0.448. The van der Waals surface area contributed by atoms with Gasteiger partial charge in [0.1, 0.15) is 0 Å². The van der Waals surface area contributed by atoms with Crippen LogP contribution in [0.3, 0.4) is 0 Å².